The van der Waals surface area contributed by atoms with Crippen molar-refractivity contribution in [3.05, 3.63) is 65.2 Å². The van der Waals surface area contributed by atoms with Crippen molar-refractivity contribution in [3.8, 4) is 0 Å². The van der Waals surface area contributed by atoms with Gasteiger partial charge < -0.3 is 9.73 Å². The van der Waals surface area contributed by atoms with Crippen LogP contribution in [0.2, 0.25) is 0 Å². The molecule has 0 saturated heterocycles. The van der Waals surface area contributed by atoms with Crippen molar-refractivity contribution >= 4 is 10.9 Å². The summed E-state index contributed by atoms with van der Waals surface area (Å²) in [6.07, 6.45) is 1.75. The number of hydrogen-bond acceptors (Lipinski definition) is 3. The average molecular weight is 280 g/mol. The molecule has 0 aliphatic rings. The Morgan fingerprint density at radius 2 is 2.00 bits per heavy atom. The van der Waals surface area contributed by atoms with Crippen LogP contribution in [0, 0.1) is 13.8 Å². The van der Waals surface area contributed by atoms with Crippen LogP contribution in [0.5, 0.6) is 0 Å². The Morgan fingerprint density at radius 1 is 1.14 bits per heavy atom. The van der Waals surface area contributed by atoms with Crippen molar-refractivity contribution in [1.29, 1.82) is 0 Å². The van der Waals surface area contributed by atoms with E-state index in [-0.39, 0.29) is 6.04 Å². The van der Waals surface area contributed by atoms with Gasteiger partial charge in [-0.05, 0) is 55.8 Å². The molecule has 1 atom stereocenters. The summed E-state index contributed by atoms with van der Waals surface area (Å²) in [7, 11) is 0. The first-order valence-corrected chi connectivity index (χ1v) is 7.33. The van der Waals surface area contributed by atoms with E-state index in [2.05, 4.69) is 48.4 Å². The van der Waals surface area contributed by atoms with Gasteiger partial charge in [0.15, 0.2) is 0 Å². The van der Waals surface area contributed by atoms with Crippen molar-refractivity contribution in [2.45, 2.75) is 26.8 Å². The fraction of sp³-hybridized carbons (Fsp3) is 0.278. The van der Waals surface area contributed by atoms with Crippen LogP contribution >= 0.6 is 0 Å². The third-order valence-electron chi connectivity index (χ3n) is 3.76. The molecule has 3 rings (SSSR count). The van der Waals surface area contributed by atoms with E-state index in [1.807, 2.05) is 19.1 Å². The number of aryl methyl sites for hydroxylation is 2. The lowest BCUT2D eigenvalue weighted by Crippen LogP contribution is -2.22. The number of benzene rings is 1. The third-order valence-corrected chi connectivity index (χ3v) is 3.76. The predicted octanol–water partition coefficient (Wildman–Crippen LogP) is 4.14. The highest BCUT2D eigenvalue weighted by Crippen LogP contribution is 2.27. The number of furan rings is 1. The number of aromatic nitrogens is 1. The van der Waals surface area contributed by atoms with Gasteiger partial charge in [-0.25, -0.2) is 0 Å². The number of hydrogen-bond donors (Lipinski definition) is 1. The average Bonchev–Trinajstić information content (AvgIpc) is 2.90. The predicted molar refractivity (Wildman–Crippen MR) is 85.4 cm³/mol. The summed E-state index contributed by atoms with van der Waals surface area (Å²) in [5, 5.41) is 4.66. The Kier molecular flexibility index (Phi) is 3.76. The maximum Gasteiger partial charge on any atom is 0.128 e. The number of pyridine rings is 1. The molecule has 0 aliphatic heterocycles. The van der Waals surface area contributed by atoms with Crippen molar-refractivity contribution in [3.63, 3.8) is 0 Å². The van der Waals surface area contributed by atoms with Gasteiger partial charge >= 0.3 is 0 Å². The lowest BCUT2D eigenvalue weighted by atomic mass is 10.00. The zero-order valence-corrected chi connectivity index (χ0v) is 12.7. The van der Waals surface area contributed by atoms with Gasteiger partial charge in [0.2, 0.25) is 0 Å². The largest absolute Gasteiger partial charge is 0.467 e. The first kappa shape index (κ1) is 13.8. The van der Waals surface area contributed by atoms with Crippen molar-refractivity contribution in [1.82, 2.24) is 10.3 Å². The molecular formula is C18H20N2O. The van der Waals surface area contributed by atoms with Gasteiger partial charge in [-0.15, -0.1) is 0 Å². The standard InChI is InChI=1S/C18H20N2O/c1-4-19-17(18-12(2)9-10-21-18)15-7-8-16-14(11-15)6-5-13(3)20-16/h5-11,17,19H,4H2,1-3H3. The molecule has 0 spiro atoms. The van der Waals surface area contributed by atoms with Crippen molar-refractivity contribution in [2.75, 3.05) is 6.54 Å². The van der Waals surface area contributed by atoms with Crippen LogP contribution in [-0.4, -0.2) is 11.5 Å². The summed E-state index contributed by atoms with van der Waals surface area (Å²) in [6.45, 7) is 7.09. The van der Waals surface area contributed by atoms with Crippen LogP contribution in [0.15, 0.2) is 47.1 Å². The highest BCUT2D eigenvalue weighted by Gasteiger charge is 2.18. The first-order chi connectivity index (χ1) is 10.2. The Bertz CT molecular complexity index is 761. The molecule has 1 N–H and O–H groups in total. The molecule has 2 heterocycles. The summed E-state index contributed by atoms with van der Waals surface area (Å²) in [6, 6.07) is 12.7. The molecule has 0 amide bonds. The molecule has 0 saturated carbocycles. The molecule has 0 aliphatic carbocycles. The first-order valence-electron chi connectivity index (χ1n) is 7.33. The second-order valence-electron chi connectivity index (χ2n) is 5.36. The van der Waals surface area contributed by atoms with Crippen LogP contribution in [0.25, 0.3) is 10.9 Å². The van der Waals surface area contributed by atoms with E-state index in [0.717, 1.165) is 28.9 Å². The fourth-order valence-corrected chi connectivity index (χ4v) is 2.67. The van der Waals surface area contributed by atoms with Crippen LogP contribution < -0.4 is 5.32 Å². The van der Waals surface area contributed by atoms with Crippen molar-refractivity contribution < 1.29 is 4.42 Å². The zero-order valence-electron chi connectivity index (χ0n) is 12.7. The Hall–Kier alpha value is -2.13. The number of nitrogens with one attached hydrogen (secondary N) is 1. The molecule has 3 nitrogen and oxygen atoms in total. The second-order valence-corrected chi connectivity index (χ2v) is 5.36. The third kappa shape index (κ3) is 2.69. The smallest absolute Gasteiger partial charge is 0.128 e. The van der Waals surface area contributed by atoms with Gasteiger partial charge in [0.25, 0.3) is 0 Å². The Morgan fingerprint density at radius 3 is 2.71 bits per heavy atom. The number of rotatable bonds is 4. The van der Waals surface area contributed by atoms with E-state index in [1.165, 1.54) is 11.1 Å². The van der Waals surface area contributed by atoms with E-state index in [9.17, 15) is 0 Å². The van der Waals surface area contributed by atoms with E-state index in [4.69, 9.17) is 4.42 Å². The molecule has 1 aromatic carbocycles. The van der Waals surface area contributed by atoms with Gasteiger partial charge in [0.05, 0.1) is 17.8 Å². The monoisotopic (exact) mass is 280 g/mol. The topological polar surface area (TPSA) is 38.1 Å². The lowest BCUT2D eigenvalue weighted by molar-refractivity contribution is 0.449. The highest BCUT2D eigenvalue weighted by molar-refractivity contribution is 5.79. The molecule has 0 bridgehead atoms. The quantitative estimate of drug-likeness (QED) is 0.780. The Labute approximate surface area is 125 Å². The van der Waals surface area contributed by atoms with Crippen LogP contribution in [0.3, 0.4) is 0 Å². The fourth-order valence-electron chi connectivity index (χ4n) is 2.67. The maximum atomic E-state index is 5.69. The molecule has 3 aromatic rings. The Balaban J connectivity index is 2.07. The minimum Gasteiger partial charge on any atom is -0.467 e. The molecular weight excluding hydrogens is 260 g/mol. The lowest BCUT2D eigenvalue weighted by Gasteiger charge is -2.17. The molecule has 1 unspecified atom stereocenters. The normalized spacial score (nSPS) is 12.7. The van der Waals surface area contributed by atoms with Gasteiger partial charge in [-0.2, -0.15) is 0 Å². The minimum atomic E-state index is 0.0794. The summed E-state index contributed by atoms with van der Waals surface area (Å²) in [5.41, 5.74) is 4.45. The van der Waals surface area contributed by atoms with Gasteiger partial charge in [-0.3, -0.25) is 4.98 Å². The molecule has 2 aromatic heterocycles. The highest BCUT2D eigenvalue weighted by atomic mass is 16.3. The number of nitrogens with zero attached hydrogens (tertiary/aromatic N) is 1. The van der Waals surface area contributed by atoms with Crippen LogP contribution in [0.4, 0.5) is 0 Å². The summed E-state index contributed by atoms with van der Waals surface area (Å²) in [4.78, 5) is 4.56. The number of fused-ring (bicyclic) bond motifs is 1. The van der Waals surface area contributed by atoms with Crippen molar-refractivity contribution in [2.24, 2.45) is 0 Å². The van der Waals surface area contributed by atoms with Gasteiger partial charge in [0.1, 0.15) is 5.76 Å². The zero-order chi connectivity index (χ0) is 14.8. The van der Waals surface area contributed by atoms with E-state index in [1.54, 1.807) is 6.26 Å². The molecule has 3 heteroatoms. The van der Waals surface area contributed by atoms with E-state index in [0.29, 0.717) is 0 Å². The SMILES string of the molecule is CCNC(c1ccc2nc(C)ccc2c1)c1occc1C. The van der Waals surface area contributed by atoms with Crippen LogP contribution in [-0.2, 0) is 0 Å². The van der Waals surface area contributed by atoms with Gasteiger partial charge in [0, 0.05) is 11.1 Å². The summed E-state index contributed by atoms with van der Waals surface area (Å²) < 4.78 is 5.69. The molecule has 0 fully saturated rings. The molecule has 0 radical (unpaired) electrons. The summed E-state index contributed by atoms with van der Waals surface area (Å²) in [5.74, 6) is 0.983. The van der Waals surface area contributed by atoms with Gasteiger partial charge in [-0.1, -0.05) is 19.1 Å². The maximum absolute atomic E-state index is 5.69. The molecule has 108 valence electrons. The van der Waals surface area contributed by atoms with E-state index >= 15 is 0 Å². The summed E-state index contributed by atoms with van der Waals surface area (Å²) >= 11 is 0. The second kappa shape index (κ2) is 5.70. The van der Waals surface area contributed by atoms with E-state index < -0.39 is 0 Å². The minimum absolute atomic E-state index is 0.0794. The molecule has 21 heavy (non-hydrogen) atoms. The van der Waals surface area contributed by atoms with Crippen LogP contribution in [0.1, 0.15) is 35.5 Å².